The van der Waals surface area contributed by atoms with E-state index in [9.17, 15) is 15.0 Å². The summed E-state index contributed by atoms with van der Waals surface area (Å²) in [6.07, 6.45) is 6.34. The third-order valence-corrected chi connectivity index (χ3v) is 7.52. The van der Waals surface area contributed by atoms with Crippen LogP contribution in [0.1, 0.15) is 36.0 Å². The minimum absolute atomic E-state index is 0.186. The van der Waals surface area contributed by atoms with Gasteiger partial charge in [-0.25, -0.2) is 0 Å². The number of aromatic nitrogens is 1. The summed E-state index contributed by atoms with van der Waals surface area (Å²) in [7, 11) is 0. The minimum atomic E-state index is -1.32. The van der Waals surface area contributed by atoms with Crippen LogP contribution in [0, 0.1) is 0 Å². The van der Waals surface area contributed by atoms with Crippen LogP contribution in [0.4, 0.5) is 0 Å². The number of aryl methyl sites for hydroxylation is 1. The van der Waals surface area contributed by atoms with Gasteiger partial charge in [0.15, 0.2) is 0 Å². The van der Waals surface area contributed by atoms with Gasteiger partial charge in [-0.05, 0) is 72.1 Å². The summed E-state index contributed by atoms with van der Waals surface area (Å²) in [5.41, 5.74) is 10.7. The summed E-state index contributed by atoms with van der Waals surface area (Å²) in [5.74, 6) is -0.403. The first kappa shape index (κ1) is 25.2. The molecule has 5 rings (SSSR count). The Kier molecular flexibility index (Phi) is 7.15. The van der Waals surface area contributed by atoms with Crippen LogP contribution in [0.25, 0.3) is 16.6 Å². The van der Waals surface area contributed by atoms with Crippen molar-refractivity contribution >= 4 is 16.9 Å². The molecule has 4 N–H and O–H groups in total. The first-order chi connectivity index (χ1) is 18.0. The molecule has 4 aromatic rings. The van der Waals surface area contributed by atoms with Crippen molar-refractivity contribution in [2.75, 3.05) is 19.8 Å². The number of esters is 1. The van der Waals surface area contributed by atoms with Crippen molar-refractivity contribution in [1.82, 2.24) is 4.57 Å². The highest BCUT2D eigenvalue weighted by Gasteiger charge is 2.44. The highest BCUT2D eigenvalue weighted by molar-refractivity contribution is 5.87. The van der Waals surface area contributed by atoms with E-state index in [0.717, 1.165) is 23.2 Å². The Morgan fingerprint density at radius 1 is 0.973 bits per heavy atom. The second-order valence-corrected chi connectivity index (χ2v) is 10.4. The van der Waals surface area contributed by atoms with Gasteiger partial charge in [0.1, 0.15) is 6.61 Å². The van der Waals surface area contributed by atoms with Crippen molar-refractivity contribution in [3.63, 3.8) is 0 Å². The van der Waals surface area contributed by atoms with E-state index in [2.05, 4.69) is 83.6 Å². The molecule has 1 aliphatic carbocycles. The number of aliphatic hydroxyl groups excluding tert-OH is 2. The summed E-state index contributed by atoms with van der Waals surface area (Å²) in [6, 6.07) is 27.6. The van der Waals surface area contributed by atoms with Gasteiger partial charge in [-0.15, -0.1) is 0 Å². The average Bonchev–Trinajstić information content (AvgIpc) is 3.66. The molecule has 1 aromatic heterocycles. The Bertz CT molecular complexity index is 1360. The molecule has 0 amide bonds. The van der Waals surface area contributed by atoms with Crippen LogP contribution in [0.5, 0.6) is 0 Å². The van der Waals surface area contributed by atoms with Crippen LogP contribution < -0.4 is 5.73 Å². The van der Waals surface area contributed by atoms with E-state index < -0.39 is 24.7 Å². The van der Waals surface area contributed by atoms with E-state index in [1.54, 1.807) is 0 Å². The zero-order valence-corrected chi connectivity index (χ0v) is 21.0. The lowest BCUT2D eigenvalue weighted by molar-refractivity contribution is -0.146. The van der Waals surface area contributed by atoms with Gasteiger partial charge in [-0.2, -0.15) is 0 Å². The normalized spacial score (nSPS) is 14.6. The summed E-state index contributed by atoms with van der Waals surface area (Å²) in [6.45, 7) is -1.14. The molecule has 3 aromatic carbocycles. The molecule has 0 aliphatic heterocycles. The molecule has 0 radical (unpaired) electrons. The summed E-state index contributed by atoms with van der Waals surface area (Å²) >= 11 is 0. The fourth-order valence-electron chi connectivity index (χ4n) is 5.00. The van der Waals surface area contributed by atoms with Crippen LogP contribution in [-0.4, -0.2) is 46.1 Å². The van der Waals surface area contributed by atoms with Crippen LogP contribution >= 0.6 is 0 Å². The summed E-state index contributed by atoms with van der Waals surface area (Å²) in [4.78, 5) is 12.3. The topological polar surface area (TPSA) is 97.7 Å². The molecule has 1 aliphatic rings. The molecule has 1 heterocycles. The molecule has 192 valence electrons. The zero-order valence-electron chi connectivity index (χ0n) is 21.0. The second-order valence-electron chi connectivity index (χ2n) is 10.4. The molecular formula is C31H34N2O4. The summed E-state index contributed by atoms with van der Waals surface area (Å²) < 4.78 is 7.48. The molecule has 6 heteroatoms. The first-order valence-corrected chi connectivity index (χ1v) is 12.9. The average molecular weight is 499 g/mol. The monoisotopic (exact) mass is 498 g/mol. The van der Waals surface area contributed by atoms with Crippen molar-refractivity contribution < 1.29 is 19.7 Å². The van der Waals surface area contributed by atoms with Crippen molar-refractivity contribution in [3.05, 3.63) is 102 Å². The molecule has 1 saturated carbocycles. The maximum Gasteiger partial charge on any atom is 0.306 e. The zero-order chi connectivity index (χ0) is 25.9. The highest BCUT2D eigenvalue weighted by atomic mass is 16.5. The number of aliphatic hydroxyl groups is 2. The largest absolute Gasteiger partial charge is 0.464 e. The predicted molar refractivity (Wildman–Crippen MR) is 145 cm³/mol. The van der Waals surface area contributed by atoms with Crippen LogP contribution in [0.2, 0.25) is 0 Å². The highest BCUT2D eigenvalue weighted by Crippen LogP contribution is 2.51. The van der Waals surface area contributed by atoms with E-state index >= 15 is 0 Å². The fraction of sp³-hybridized carbons (Fsp3) is 0.323. The van der Waals surface area contributed by atoms with Crippen molar-refractivity contribution in [2.45, 2.75) is 43.1 Å². The van der Waals surface area contributed by atoms with Gasteiger partial charge in [0.05, 0.1) is 24.3 Å². The number of nitrogens with two attached hydrogens (primary N) is 1. The number of carbonyl (C=O) groups is 1. The Labute approximate surface area is 217 Å². The van der Waals surface area contributed by atoms with Crippen molar-refractivity contribution in [2.24, 2.45) is 5.73 Å². The van der Waals surface area contributed by atoms with E-state index in [4.69, 9.17) is 10.5 Å². The first-order valence-electron chi connectivity index (χ1n) is 12.9. The number of carbonyl (C=O) groups excluding carboxylic acids is 1. The SMILES string of the molecule is NC(CO)(CO)COC(=O)CCc1ccc2c(c1)c(CC1(c3ccccc3)CC1)cn2-c1ccccc1. The maximum atomic E-state index is 12.3. The Morgan fingerprint density at radius 3 is 2.30 bits per heavy atom. The van der Waals surface area contributed by atoms with E-state index in [0.29, 0.717) is 6.42 Å². The van der Waals surface area contributed by atoms with Crippen LogP contribution in [0.3, 0.4) is 0 Å². The Balaban J connectivity index is 1.40. The molecule has 37 heavy (non-hydrogen) atoms. The third kappa shape index (κ3) is 5.47. The molecule has 0 bridgehead atoms. The lowest BCUT2D eigenvalue weighted by Crippen LogP contribution is -2.51. The number of benzene rings is 3. The maximum absolute atomic E-state index is 12.3. The van der Waals surface area contributed by atoms with Gasteiger partial charge in [-0.1, -0.05) is 54.6 Å². The number of rotatable bonds is 11. The number of fused-ring (bicyclic) bond motifs is 1. The quantitative estimate of drug-likeness (QED) is 0.271. The number of para-hydroxylation sites is 1. The van der Waals surface area contributed by atoms with Gasteiger partial charge >= 0.3 is 5.97 Å². The second kappa shape index (κ2) is 10.5. The lowest BCUT2D eigenvalue weighted by atomic mass is 9.88. The molecule has 0 spiro atoms. The van der Waals surface area contributed by atoms with Gasteiger partial charge in [-0.3, -0.25) is 4.79 Å². The molecule has 1 fully saturated rings. The van der Waals surface area contributed by atoms with Crippen molar-refractivity contribution in [3.8, 4) is 5.69 Å². The number of nitrogens with zero attached hydrogens (tertiary/aromatic N) is 1. The molecule has 0 saturated heterocycles. The smallest absolute Gasteiger partial charge is 0.306 e. The van der Waals surface area contributed by atoms with Crippen molar-refractivity contribution in [1.29, 1.82) is 0 Å². The van der Waals surface area contributed by atoms with E-state index in [1.165, 1.54) is 29.4 Å². The number of hydrogen-bond donors (Lipinski definition) is 3. The van der Waals surface area contributed by atoms with Crippen LogP contribution in [-0.2, 0) is 27.8 Å². The number of ether oxygens (including phenoxy) is 1. The molecule has 0 unspecified atom stereocenters. The Hall–Kier alpha value is -3.45. The van der Waals surface area contributed by atoms with Crippen LogP contribution in [0.15, 0.2) is 85.1 Å². The number of hydrogen-bond acceptors (Lipinski definition) is 5. The third-order valence-electron chi connectivity index (χ3n) is 7.52. The molecular weight excluding hydrogens is 464 g/mol. The Morgan fingerprint density at radius 2 is 1.65 bits per heavy atom. The van der Waals surface area contributed by atoms with Gasteiger partial charge in [0.2, 0.25) is 0 Å². The lowest BCUT2D eigenvalue weighted by Gasteiger charge is -2.23. The molecule has 0 atom stereocenters. The van der Waals surface area contributed by atoms with E-state index in [-0.39, 0.29) is 18.4 Å². The van der Waals surface area contributed by atoms with E-state index in [1.807, 2.05) is 6.07 Å². The summed E-state index contributed by atoms with van der Waals surface area (Å²) in [5, 5.41) is 19.8. The fourth-order valence-corrected chi connectivity index (χ4v) is 5.00. The molecule has 6 nitrogen and oxygen atoms in total. The predicted octanol–water partition coefficient (Wildman–Crippen LogP) is 4.06. The van der Waals surface area contributed by atoms with Gasteiger partial charge in [0, 0.05) is 23.7 Å². The van der Waals surface area contributed by atoms with Gasteiger partial charge < -0.3 is 25.3 Å². The minimum Gasteiger partial charge on any atom is -0.464 e. The van der Waals surface area contributed by atoms with Gasteiger partial charge in [0.25, 0.3) is 0 Å². The standard InChI is InChI=1S/C31H34N2O4/c32-31(20-34,21-35)22-37-29(36)14-12-23-11-13-28-27(17-23)24(19-33(28)26-9-5-2-6-10-26)18-30(15-16-30)25-7-3-1-4-8-25/h1-11,13,17,19,34-35H,12,14-16,18,20-22,32H2.